The van der Waals surface area contributed by atoms with Crippen molar-refractivity contribution in [3.8, 4) is 5.75 Å². The molecule has 2 N–H and O–H groups in total. The second-order valence-corrected chi connectivity index (χ2v) is 10.7. The molecule has 2 aromatic carbocycles. The number of alkyl halides is 3. The molecule has 0 unspecified atom stereocenters. The average Bonchev–Trinajstić information content (AvgIpc) is 3.43. The first-order valence-corrected chi connectivity index (χ1v) is 13.6. The SMILES string of the molecule is CN1C(=O)c2cc(NC(=O)c3ccc(C(F)(F)F)cc3)ccc2OC[C@@H]2O[C@H](CC(=O)NC3CCCC3)CC[C@@H]21. The van der Waals surface area contributed by atoms with E-state index in [2.05, 4.69) is 10.6 Å². The first-order valence-electron chi connectivity index (χ1n) is 13.6. The maximum absolute atomic E-state index is 13.4. The van der Waals surface area contributed by atoms with Crippen molar-refractivity contribution in [2.24, 2.45) is 0 Å². The molecule has 0 bridgehead atoms. The lowest BCUT2D eigenvalue weighted by molar-refractivity contribution is -0.137. The van der Waals surface area contributed by atoms with E-state index >= 15 is 0 Å². The van der Waals surface area contributed by atoms with Crippen molar-refractivity contribution < 1.29 is 37.0 Å². The van der Waals surface area contributed by atoms with Crippen LogP contribution in [0.25, 0.3) is 0 Å². The van der Waals surface area contributed by atoms with E-state index in [4.69, 9.17) is 9.47 Å². The summed E-state index contributed by atoms with van der Waals surface area (Å²) in [5.41, 5.74) is -0.240. The lowest BCUT2D eigenvalue weighted by atomic mass is 9.94. The van der Waals surface area contributed by atoms with Crippen molar-refractivity contribution in [1.82, 2.24) is 10.2 Å². The van der Waals surface area contributed by atoms with Crippen molar-refractivity contribution in [3.63, 3.8) is 0 Å². The monoisotopic (exact) mass is 559 g/mol. The van der Waals surface area contributed by atoms with Gasteiger partial charge in [0.1, 0.15) is 18.5 Å². The van der Waals surface area contributed by atoms with Crippen LogP contribution in [0, 0.1) is 0 Å². The third-order valence-corrected chi connectivity index (χ3v) is 7.88. The third-order valence-electron chi connectivity index (χ3n) is 7.88. The smallest absolute Gasteiger partial charge is 0.416 e. The Morgan fingerprint density at radius 3 is 2.45 bits per heavy atom. The molecule has 3 aliphatic rings. The summed E-state index contributed by atoms with van der Waals surface area (Å²) in [4.78, 5) is 40.2. The van der Waals surface area contributed by atoms with Crippen LogP contribution < -0.4 is 15.4 Å². The Kier molecular flexibility index (Phi) is 8.02. The van der Waals surface area contributed by atoms with Gasteiger partial charge in [0.2, 0.25) is 5.91 Å². The fourth-order valence-corrected chi connectivity index (χ4v) is 5.68. The van der Waals surface area contributed by atoms with E-state index in [1.807, 2.05) is 0 Å². The molecular weight excluding hydrogens is 527 g/mol. The molecule has 0 spiro atoms. The minimum atomic E-state index is -4.50. The van der Waals surface area contributed by atoms with E-state index in [-0.39, 0.29) is 54.2 Å². The van der Waals surface area contributed by atoms with Crippen LogP contribution in [0.2, 0.25) is 0 Å². The van der Waals surface area contributed by atoms with Crippen LogP contribution in [-0.4, -0.2) is 60.6 Å². The lowest BCUT2D eigenvalue weighted by Gasteiger charge is -2.42. The molecule has 11 heteroatoms. The summed E-state index contributed by atoms with van der Waals surface area (Å²) in [6.07, 6.45) is 0.715. The number of ether oxygens (including phenoxy) is 2. The number of likely N-dealkylation sites (N-methyl/N-ethyl adjacent to an activating group) is 1. The molecular formula is C29H32F3N3O5. The minimum absolute atomic E-state index is 0.0113. The third kappa shape index (κ3) is 6.24. The Balaban J connectivity index is 1.24. The molecule has 1 saturated carbocycles. The first-order chi connectivity index (χ1) is 19.1. The molecule has 2 heterocycles. The normalized spacial score (nSPS) is 23.4. The summed E-state index contributed by atoms with van der Waals surface area (Å²) in [6, 6.07) is 8.51. The van der Waals surface area contributed by atoms with Gasteiger partial charge in [0.05, 0.1) is 29.7 Å². The van der Waals surface area contributed by atoms with E-state index in [0.29, 0.717) is 24.3 Å². The number of carbonyl (C=O) groups is 3. The molecule has 0 radical (unpaired) electrons. The van der Waals surface area contributed by atoms with Crippen LogP contribution in [-0.2, 0) is 15.7 Å². The van der Waals surface area contributed by atoms with E-state index in [9.17, 15) is 27.6 Å². The van der Waals surface area contributed by atoms with Crippen LogP contribution in [0.3, 0.4) is 0 Å². The Morgan fingerprint density at radius 2 is 1.75 bits per heavy atom. The highest BCUT2D eigenvalue weighted by molar-refractivity contribution is 6.05. The summed E-state index contributed by atoms with van der Waals surface area (Å²) >= 11 is 0. The zero-order valence-corrected chi connectivity index (χ0v) is 22.1. The summed E-state index contributed by atoms with van der Waals surface area (Å²) in [6.45, 7) is 0.188. The quantitative estimate of drug-likeness (QED) is 0.550. The maximum atomic E-state index is 13.4. The van der Waals surface area contributed by atoms with Crippen LogP contribution in [0.4, 0.5) is 18.9 Å². The maximum Gasteiger partial charge on any atom is 0.416 e. The number of benzene rings is 2. The highest BCUT2D eigenvalue weighted by Crippen LogP contribution is 2.33. The number of carbonyl (C=O) groups excluding carboxylic acids is 3. The van der Waals surface area contributed by atoms with E-state index in [1.54, 1.807) is 24.1 Å². The zero-order chi connectivity index (χ0) is 28.4. The van der Waals surface area contributed by atoms with Gasteiger partial charge in [-0.1, -0.05) is 12.8 Å². The lowest BCUT2D eigenvalue weighted by Crippen LogP contribution is -2.54. The molecule has 214 valence electrons. The van der Waals surface area contributed by atoms with Gasteiger partial charge in [-0.05, 0) is 68.1 Å². The molecule has 40 heavy (non-hydrogen) atoms. The zero-order valence-electron chi connectivity index (χ0n) is 22.1. The van der Waals surface area contributed by atoms with E-state index in [0.717, 1.165) is 49.9 Å². The number of anilines is 1. The molecule has 3 atom stereocenters. The molecule has 2 aromatic rings. The van der Waals surface area contributed by atoms with Gasteiger partial charge >= 0.3 is 6.18 Å². The fourth-order valence-electron chi connectivity index (χ4n) is 5.68. The average molecular weight is 560 g/mol. The topological polar surface area (TPSA) is 97.0 Å². The fraction of sp³-hybridized carbons (Fsp3) is 0.483. The van der Waals surface area contributed by atoms with Crippen molar-refractivity contribution in [2.75, 3.05) is 19.0 Å². The molecule has 3 amide bonds. The standard InChI is InChI=1S/C29H32F3N3O5/c1-35-23-12-11-21(15-26(36)33-19-4-2-3-5-19)40-25(23)16-39-24-13-10-20(14-22(24)28(35)38)34-27(37)17-6-8-18(9-7-17)29(30,31)32/h6-10,13-14,19,21,23,25H,2-5,11-12,15-16H2,1H3,(H,33,36)(H,34,37)/t21-,23-,25-/m0/s1. The van der Waals surface area contributed by atoms with E-state index in [1.165, 1.54) is 6.07 Å². The van der Waals surface area contributed by atoms with Gasteiger partial charge < -0.3 is 25.0 Å². The summed E-state index contributed by atoms with van der Waals surface area (Å²) < 4.78 is 50.7. The Morgan fingerprint density at radius 1 is 1.02 bits per heavy atom. The van der Waals surface area contributed by atoms with Gasteiger partial charge in [-0.2, -0.15) is 13.2 Å². The van der Waals surface area contributed by atoms with Gasteiger partial charge in [0.15, 0.2) is 0 Å². The summed E-state index contributed by atoms with van der Waals surface area (Å²) in [7, 11) is 1.69. The van der Waals surface area contributed by atoms with Crippen LogP contribution in [0.1, 0.15) is 71.2 Å². The molecule has 8 nitrogen and oxygen atoms in total. The Labute approximate surface area is 230 Å². The number of hydrogen-bond acceptors (Lipinski definition) is 5. The van der Waals surface area contributed by atoms with Crippen molar-refractivity contribution >= 4 is 23.4 Å². The molecule has 2 fully saturated rings. The summed E-state index contributed by atoms with van der Waals surface area (Å²) in [5, 5.41) is 5.73. The Bertz CT molecular complexity index is 1260. The number of nitrogens with one attached hydrogen (secondary N) is 2. The molecule has 2 aliphatic heterocycles. The van der Waals surface area contributed by atoms with Gasteiger partial charge in [-0.25, -0.2) is 0 Å². The largest absolute Gasteiger partial charge is 0.490 e. The van der Waals surface area contributed by atoms with Gasteiger partial charge in [-0.3, -0.25) is 14.4 Å². The summed E-state index contributed by atoms with van der Waals surface area (Å²) in [5.74, 6) is -0.600. The second kappa shape index (κ2) is 11.5. The van der Waals surface area contributed by atoms with E-state index < -0.39 is 23.8 Å². The Hall–Kier alpha value is -3.60. The number of rotatable bonds is 5. The minimum Gasteiger partial charge on any atom is -0.490 e. The second-order valence-electron chi connectivity index (χ2n) is 10.7. The number of nitrogens with zero attached hydrogens (tertiary/aromatic N) is 1. The highest BCUT2D eigenvalue weighted by Gasteiger charge is 2.39. The number of fused-ring (bicyclic) bond motifs is 2. The molecule has 1 saturated heterocycles. The van der Waals surface area contributed by atoms with Crippen molar-refractivity contribution in [2.45, 2.75) is 75.4 Å². The number of amides is 3. The number of halogens is 3. The van der Waals surface area contributed by atoms with Crippen molar-refractivity contribution in [3.05, 3.63) is 59.2 Å². The highest BCUT2D eigenvalue weighted by atomic mass is 19.4. The first kappa shape index (κ1) is 27.9. The van der Waals surface area contributed by atoms with Gasteiger partial charge in [-0.15, -0.1) is 0 Å². The van der Waals surface area contributed by atoms with Crippen molar-refractivity contribution in [1.29, 1.82) is 0 Å². The van der Waals surface area contributed by atoms with Crippen LogP contribution >= 0.6 is 0 Å². The van der Waals surface area contributed by atoms with Gasteiger partial charge in [0, 0.05) is 24.3 Å². The number of hydrogen-bond donors (Lipinski definition) is 2. The predicted octanol–water partition coefficient (Wildman–Crippen LogP) is 4.79. The molecule has 1 aliphatic carbocycles. The van der Waals surface area contributed by atoms with Crippen LogP contribution in [0.15, 0.2) is 42.5 Å². The van der Waals surface area contributed by atoms with Crippen LogP contribution in [0.5, 0.6) is 5.75 Å². The molecule has 5 rings (SSSR count). The molecule has 0 aromatic heterocycles. The predicted molar refractivity (Wildman–Crippen MR) is 140 cm³/mol. The van der Waals surface area contributed by atoms with Gasteiger partial charge in [0.25, 0.3) is 11.8 Å².